The number of piperidine rings is 1. The van der Waals surface area contributed by atoms with E-state index in [1.54, 1.807) is 21.6 Å². The molecule has 140 valence electrons. The average molecular weight is 370 g/mol. The molecule has 1 saturated heterocycles. The number of rotatable bonds is 3. The van der Waals surface area contributed by atoms with Gasteiger partial charge in [-0.2, -0.15) is 5.10 Å². The van der Waals surface area contributed by atoms with Crippen LogP contribution in [0.5, 0.6) is 0 Å². The highest BCUT2D eigenvalue weighted by molar-refractivity contribution is 5.90. The van der Waals surface area contributed by atoms with Gasteiger partial charge in [0.25, 0.3) is 0 Å². The number of aryl methyl sites for hydroxylation is 1. The number of amides is 2. The smallest absolute Gasteiger partial charge is 0.321 e. The number of urea groups is 1. The van der Waals surface area contributed by atoms with Gasteiger partial charge in [-0.25, -0.2) is 14.2 Å². The Labute approximate surface area is 154 Å². The van der Waals surface area contributed by atoms with Gasteiger partial charge in [-0.15, -0.1) is 10.2 Å². The Hall–Kier alpha value is -3.30. The number of carbonyl (C=O) groups excluding carboxylic acids is 1. The molecule has 1 fully saturated rings. The molecular weight excluding hydrogens is 351 g/mol. The van der Waals surface area contributed by atoms with Crippen LogP contribution in [-0.2, 0) is 0 Å². The highest BCUT2D eigenvalue weighted by atomic mass is 19.1. The first-order chi connectivity index (χ1) is 13.1. The van der Waals surface area contributed by atoms with Crippen molar-refractivity contribution in [1.29, 1.82) is 0 Å². The summed E-state index contributed by atoms with van der Waals surface area (Å²) in [7, 11) is 0. The van der Waals surface area contributed by atoms with E-state index in [4.69, 9.17) is 0 Å². The number of nitrogens with zero attached hydrogens (tertiary/aromatic N) is 6. The molecule has 0 aliphatic carbocycles. The summed E-state index contributed by atoms with van der Waals surface area (Å²) in [6.45, 7) is 2.95. The van der Waals surface area contributed by atoms with Gasteiger partial charge in [0.1, 0.15) is 24.3 Å². The maximum Gasteiger partial charge on any atom is 0.321 e. The number of hydrogen-bond donors (Lipinski definition) is 2. The highest BCUT2D eigenvalue weighted by Crippen LogP contribution is 2.25. The summed E-state index contributed by atoms with van der Waals surface area (Å²) in [5.74, 6) is 1.03. The van der Waals surface area contributed by atoms with Gasteiger partial charge in [-0.3, -0.25) is 9.67 Å². The van der Waals surface area contributed by atoms with Crippen molar-refractivity contribution in [2.24, 2.45) is 0 Å². The molecule has 0 spiro atoms. The van der Waals surface area contributed by atoms with Crippen molar-refractivity contribution >= 4 is 11.7 Å². The van der Waals surface area contributed by atoms with Gasteiger partial charge in [0.2, 0.25) is 0 Å². The zero-order valence-corrected chi connectivity index (χ0v) is 14.8. The van der Waals surface area contributed by atoms with Crippen molar-refractivity contribution in [3.63, 3.8) is 0 Å². The molecule has 27 heavy (non-hydrogen) atoms. The molecule has 0 unspecified atom stereocenters. The van der Waals surface area contributed by atoms with E-state index in [1.807, 2.05) is 6.92 Å². The lowest BCUT2D eigenvalue weighted by molar-refractivity contribution is 0.191. The number of halogens is 1. The van der Waals surface area contributed by atoms with Crippen molar-refractivity contribution in [1.82, 2.24) is 34.8 Å². The first kappa shape index (κ1) is 17.1. The molecule has 10 heteroatoms. The first-order valence-electron chi connectivity index (χ1n) is 8.69. The fourth-order valence-corrected chi connectivity index (χ4v) is 3.21. The normalized spacial score (nSPS) is 17.1. The minimum absolute atomic E-state index is 0.0719. The summed E-state index contributed by atoms with van der Waals surface area (Å²) in [5.41, 5.74) is 0.770. The summed E-state index contributed by atoms with van der Waals surface area (Å²) < 4.78 is 15.8. The van der Waals surface area contributed by atoms with Gasteiger partial charge in [0, 0.05) is 19.0 Å². The number of nitrogens with one attached hydrogen (secondary N) is 2. The zero-order chi connectivity index (χ0) is 18.8. The van der Waals surface area contributed by atoms with Crippen LogP contribution in [0.4, 0.5) is 14.9 Å². The average Bonchev–Trinajstić information content (AvgIpc) is 3.35. The Kier molecular flexibility index (Phi) is 4.53. The SMILES string of the molecule is Cc1nc([C@@H]2CCCN(C(=O)Nc3cc(-n4cnnc4)ccc3F)C2)n[nH]1. The Morgan fingerprint density at radius 3 is 2.89 bits per heavy atom. The van der Waals surface area contributed by atoms with Crippen LogP contribution in [0.3, 0.4) is 0 Å². The summed E-state index contributed by atoms with van der Waals surface area (Å²) in [4.78, 5) is 18.7. The second kappa shape index (κ2) is 7.14. The molecule has 2 amide bonds. The van der Waals surface area contributed by atoms with Crippen LogP contribution in [0.2, 0.25) is 0 Å². The van der Waals surface area contributed by atoms with E-state index in [2.05, 4.69) is 30.7 Å². The second-order valence-electron chi connectivity index (χ2n) is 6.53. The van der Waals surface area contributed by atoms with E-state index in [1.165, 1.54) is 18.7 Å². The molecule has 3 aromatic rings. The summed E-state index contributed by atoms with van der Waals surface area (Å²) >= 11 is 0. The fourth-order valence-electron chi connectivity index (χ4n) is 3.21. The van der Waals surface area contributed by atoms with Crippen LogP contribution in [0, 0.1) is 12.7 Å². The Morgan fingerprint density at radius 2 is 2.15 bits per heavy atom. The van der Waals surface area contributed by atoms with E-state index in [0.717, 1.165) is 18.7 Å². The van der Waals surface area contributed by atoms with E-state index >= 15 is 0 Å². The van der Waals surface area contributed by atoms with Crippen LogP contribution >= 0.6 is 0 Å². The minimum atomic E-state index is -0.502. The molecule has 3 heterocycles. The largest absolute Gasteiger partial charge is 0.324 e. The van der Waals surface area contributed by atoms with Crippen LogP contribution in [-0.4, -0.2) is 54.0 Å². The number of hydrogen-bond acceptors (Lipinski definition) is 5. The Balaban J connectivity index is 1.48. The van der Waals surface area contributed by atoms with Gasteiger partial charge in [-0.05, 0) is 38.0 Å². The standard InChI is InChI=1S/C17H19FN8O/c1-11-21-16(24-23-11)12-3-2-6-25(8-12)17(27)22-15-7-13(4-5-14(15)18)26-9-19-20-10-26/h4-5,7,9-10,12H,2-3,6,8H2,1H3,(H,22,27)(H,21,23,24)/t12-/m1/s1. The lowest BCUT2D eigenvalue weighted by atomic mass is 9.98. The first-order valence-corrected chi connectivity index (χ1v) is 8.69. The second-order valence-corrected chi connectivity index (χ2v) is 6.53. The van der Waals surface area contributed by atoms with E-state index in [-0.39, 0.29) is 17.6 Å². The molecule has 1 aliphatic heterocycles. The molecule has 2 N–H and O–H groups in total. The zero-order valence-electron chi connectivity index (χ0n) is 14.8. The maximum atomic E-state index is 14.2. The van der Waals surface area contributed by atoms with Crippen LogP contribution in [0.1, 0.15) is 30.4 Å². The van der Waals surface area contributed by atoms with E-state index < -0.39 is 5.82 Å². The molecule has 0 saturated carbocycles. The van der Waals surface area contributed by atoms with Crippen LogP contribution in [0.15, 0.2) is 30.9 Å². The molecule has 9 nitrogen and oxygen atoms in total. The predicted molar refractivity (Wildman–Crippen MR) is 95.0 cm³/mol. The van der Waals surface area contributed by atoms with E-state index in [9.17, 15) is 9.18 Å². The van der Waals surface area contributed by atoms with Gasteiger partial charge in [0.15, 0.2) is 5.82 Å². The van der Waals surface area contributed by atoms with Crippen molar-refractivity contribution in [2.75, 3.05) is 18.4 Å². The lowest BCUT2D eigenvalue weighted by Gasteiger charge is -2.31. The number of H-pyrrole nitrogens is 1. The fraction of sp³-hybridized carbons (Fsp3) is 0.353. The van der Waals surface area contributed by atoms with Gasteiger partial charge in [-0.1, -0.05) is 0 Å². The minimum Gasteiger partial charge on any atom is -0.324 e. The summed E-state index contributed by atoms with van der Waals surface area (Å²) in [5, 5.41) is 17.2. The molecule has 4 rings (SSSR count). The number of carbonyl (C=O) groups is 1. The molecule has 1 aliphatic rings. The molecular formula is C17H19FN8O. The van der Waals surface area contributed by atoms with Gasteiger partial charge >= 0.3 is 6.03 Å². The Bertz CT molecular complexity index is 938. The number of aromatic nitrogens is 6. The number of benzene rings is 1. The van der Waals surface area contributed by atoms with Crippen LogP contribution in [0.25, 0.3) is 5.69 Å². The monoisotopic (exact) mass is 370 g/mol. The third kappa shape index (κ3) is 3.64. The summed E-state index contributed by atoms with van der Waals surface area (Å²) in [6.07, 6.45) is 4.77. The predicted octanol–water partition coefficient (Wildman–Crippen LogP) is 2.24. The van der Waals surface area contributed by atoms with Gasteiger partial charge in [0.05, 0.1) is 11.4 Å². The van der Waals surface area contributed by atoms with Crippen molar-refractivity contribution in [3.05, 3.63) is 48.3 Å². The van der Waals surface area contributed by atoms with Crippen LogP contribution < -0.4 is 5.32 Å². The maximum absolute atomic E-state index is 14.2. The van der Waals surface area contributed by atoms with Gasteiger partial charge < -0.3 is 10.2 Å². The third-order valence-corrected chi connectivity index (χ3v) is 4.60. The molecule has 2 aromatic heterocycles. The van der Waals surface area contributed by atoms with Crippen molar-refractivity contribution in [2.45, 2.75) is 25.7 Å². The molecule has 1 aromatic carbocycles. The Morgan fingerprint density at radius 1 is 1.33 bits per heavy atom. The summed E-state index contributed by atoms with van der Waals surface area (Å²) in [6, 6.07) is 4.11. The quantitative estimate of drug-likeness (QED) is 0.736. The third-order valence-electron chi connectivity index (χ3n) is 4.60. The topological polar surface area (TPSA) is 105 Å². The van der Waals surface area contributed by atoms with Crippen molar-refractivity contribution < 1.29 is 9.18 Å². The lowest BCUT2D eigenvalue weighted by Crippen LogP contribution is -2.42. The molecule has 0 bridgehead atoms. The highest BCUT2D eigenvalue weighted by Gasteiger charge is 2.27. The number of likely N-dealkylation sites (tertiary alicyclic amines) is 1. The number of anilines is 1. The van der Waals surface area contributed by atoms with Crippen molar-refractivity contribution in [3.8, 4) is 5.69 Å². The van der Waals surface area contributed by atoms with E-state index in [0.29, 0.717) is 24.6 Å². The molecule has 1 atom stereocenters. The number of aromatic amines is 1. The molecule has 0 radical (unpaired) electrons.